The molecule has 0 unspecified atom stereocenters. The van der Waals surface area contributed by atoms with Gasteiger partial charge < -0.3 is 4.74 Å². The molecule has 0 spiro atoms. The topological polar surface area (TPSA) is 104 Å². The van der Waals surface area contributed by atoms with Crippen LogP contribution in [0, 0.1) is 10.1 Å². The SMILES string of the molecule is COC(=O)c1ccc([N+](=O)[O-])c(SCCS(C)(=O)=O)c1. The summed E-state index contributed by atoms with van der Waals surface area (Å²) in [6.07, 6.45) is 1.09. The standard InChI is InChI=1S/C11H13NO6S2/c1-18-11(13)8-3-4-9(12(14)15)10(7-8)19-5-6-20(2,16)17/h3-4,7H,5-6H2,1-2H3. The highest BCUT2D eigenvalue weighted by Gasteiger charge is 2.18. The second-order valence-electron chi connectivity index (χ2n) is 3.91. The molecule has 0 saturated carbocycles. The molecular formula is C11H13NO6S2. The summed E-state index contributed by atoms with van der Waals surface area (Å²) in [6, 6.07) is 3.83. The lowest BCUT2D eigenvalue weighted by molar-refractivity contribution is -0.387. The van der Waals surface area contributed by atoms with Gasteiger partial charge in [0.15, 0.2) is 0 Å². The van der Waals surface area contributed by atoms with Crippen molar-refractivity contribution in [2.75, 3.05) is 24.9 Å². The molecule has 0 amide bonds. The highest BCUT2D eigenvalue weighted by molar-refractivity contribution is 8.00. The maximum atomic E-state index is 11.4. The number of thioether (sulfide) groups is 1. The van der Waals surface area contributed by atoms with Crippen LogP contribution in [0.2, 0.25) is 0 Å². The number of sulfone groups is 1. The Morgan fingerprint density at radius 2 is 2.10 bits per heavy atom. The molecule has 0 saturated heterocycles. The molecule has 0 N–H and O–H groups in total. The molecule has 0 atom stereocenters. The van der Waals surface area contributed by atoms with Gasteiger partial charge in [-0.2, -0.15) is 0 Å². The molecule has 1 aromatic carbocycles. The Morgan fingerprint density at radius 1 is 1.45 bits per heavy atom. The fourth-order valence-electron chi connectivity index (χ4n) is 1.33. The van der Waals surface area contributed by atoms with Gasteiger partial charge in [0.1, 0.15) is 9.84 Å². The molecule has 0 radical (unpaired) electrons. The lowest BCUT2D eigenvalue weighted by Gasteiger charge is -2.05. The number of carbonyl (C=O) groups excluding carboxylic acids is 1. The van der Waals surface area contributed by atoms with Crippen molar-refractivity contribution < 1.29 is 22.9 Å². The summed E-state index contributed by atoms with van der Waals surface area (Å²) in [5.41, 5.74) is 0.0103. The average molecular weight is 319 g/mol. The van der Waals surface area contributed by atoms with Gasteiger partial charge in [0, 0.05) is 18.1 Å². The van der Waals surface area contributed by atoms with Gasteiger partial charge in [0.05, 0.1) is 28.2 Å². The zero-order valence-electron chi connectivity index (χ0n) is 10.9. The number of hydrogen-bond acceptors (Lipinski definition) is 7. The highest BCUT2D eigenvalue weighted by Crippen LogP contribution is 2.30. The third-order valence-electron chi connectivity index (χ3n) is 2.29. The van der Waals surface area contributed by atoms with Gasteiger partial charge in [0.25, 0.3) is 5.69 Å². The average Bonchev–Trinajstić information content (AvgIpc) is 2.35. The van der Waals surface area contributed by atoms with E-state index in [-0.39, 0.29) is 27.7 Å². The minimum Gasteiger partial charge on any atom is -0.465 e. The number of ether oxygens (including phenoxy) is 1. The van der Waals surface area contributed by atoms with Crippen LogP contribution in [0.5, 0.6) is 0 Å². The lowest BCUT2D eigenvalue weighted by atomic mass is 10.2. The van der Waals surface area contributed by atoms with Crippen LogP contribution >= 0.6 is 11.8 Å². The number of methoxy groups -OCH3 is 1. The Morgan fingerprint density at radius 3 is 2.60 bits per heavy atom. The summed E-state index contributed by atoms with van der Waals surface area (Å²) >= 11 is 1.02. The van der Waals surface area contributed by atoms with E-state index in [1.165, 1.54) is 25.3 Å². The number of esters is 1. The summed E-state index contributed by atoms with van der Waals surface area (Å²) in [5, 5.41) is 10.9. The number of nitrogens with zero attached hydrogens (tertiary/aromatic N) is 1. The maximum Gasteiger partial charge on any atom is 0.337 e. The Hall–Kier alpha value is -1.61. The minimum atomic E-state index is -3.14. The number of hydrogen-bond donors (Lipinski definition) is 0. The van der Waals surface area contributed by atoms with Crippen LogP contribution in [0.15, 0.2) is 23.1 Å². The number of rotatable bonds is 6. The number of nitro benzene ring substituents is 1. The summed E-state index contributed by atoms with van der Waals surface area (Å²) in [6.45, 7) is 0. The Balaban J connectivity index is 3.00. The van der Waals surface area contributed by atoms with E-state index in [1.54, 1.807) is 0 Å². The van der Waals surface area contributed by atoms with Gasteiger partial charge in [-0.25, -0.2) is 13.2 Å². The molecule has 20 heavy (non-hydrogen) atoms. The van der Waals surface area contributed by atoms with E-state index in [0.717, 1.165) is 18.0 Å². The summed E-state index contributed by atoms with van der Waals surface area (Å²) < 4.78 is 26.6. The second-order valence-corrected chi connectivity index (χ2v) is 7.31. The molecule has 110 valence electrons. The van der Waals surface area contributed by atoms with Gasteiger partial charge in [-0.05, 0) is 12.1 Å². The van der Waals surface area contributed by atoms with Gasteiger partial charge in [-0.15, -0.1) is 11.8 Å². The van der Waals surface area contributed by atoms with Crippen molar-refractivity contribution in [3.05, 3.63) is 33.9 Å². The van der Waals surface area contributed by atoms with Gasteiger partial charge in [-0.3, -0.25) is 10.1 Å². The molecule has 0 aliphatic carbocycles. The highest BCUT2D eigenvalue weighted by atomic mass is 32.2. The van der Waals surface area contributed by atoms with Gasteiger partial charge >= 0.3 is 5.97 Å². The molecule has 1 rings (SSSR count). The van der Waals surface area contributed by atoms with Crippen molar-refractivity contribution in [2.24, 2.45) is 0 Å². The van der Waals surface area contributed by atoms with Gasteiger partial charge in [-0.1, -0.05) is 0 Å². The summed E-state index contributed by atoms with van der Waals surface area (Å²) in [4.78, 5) is 21.9. The van der Waals surface area contributed by atoms with Crippen LogP contribution in [0.4, 0.5) is 5.69 Å². The fourth-order valence-corrected chi connectivity index (χ4v) is 3.59. The number of nitro groups is 1. The summed E-state index contributed by atoms with van der Waals surface area (Å²) in [7, 11) is -1.93. The molecule has 0 aromatic heterocycles. The van der Waals surface area contributed by atoms with Crippen molar-refractivity contribution in [2.45, 2.75) is 4.90 Å². The summed E-state index contributed by atoms with van der Waals surface area (Å²) in [5.74, 6) is -0.536. The predicted molar refractivity (Wildman–Crippen MR) is 74.9 cm³/mol. The normalized spacial score (nSPS) is 11.1. The quantitative estimate of drug-likeness (QED) is 0.339. The third-order valence-corrected chi connectivity index (χ3v) is 4.54. The Bertz CT molecular complexity index is 626. The zero-order chi connectivity index (χ0) is 15.3. The zero-order valence-corrected chi connectivity index (χ0v) is 12.5. The van der Waals surface area contributed by atoms with E-state index < -0.39 is 20.7 Å². The van der Waals surface area contributed by atoms with E-state index in [9.17, 15) is 23.3 Å². The molecule has 0 aliphatic heterocycles. The smallest absolute Gasteiger partial charge is 0.337 e. The first kappa shape index (κ1) is 16.4. The fraction of sp³-hybridized carbons (Fsp3) is 0.364. The first-order valence-corrected chi connectivity index (χ1v) is 8.46. The van der Waals surface area contributed by atoms with Gasteiger partial charge in [0.2, 0.25) is 0 Å². The molecular weight excluding hydrogens is 306 g/mol. The molecule has 7 nitrogen and oxygen atoms in total. The molecule has 0 fully saturated rings. The second kappa shape index (κ2) is 6.71. The molecule has 1 aromatic rings. The maximum absolute atomic E-state index is 11.4. The van der Waals surface area contributed by atoms with Crippen LogP contribution in [0.25, 0.3) is 0 Å². The van der Waals surface area contributed by atoms with Crippen LogP contribution in [-0.2, 0) is 14.6 Å². The number of benzene rings is 1. The van der Waals surface area contributed by atoms with E-state index in [2.05, 4.69) is 4.74 Å². The van der Waals surface area contributed by atoms with Crippen LogP contribution < -0.4 is 0 Å². The third kappa shape index (κ3) is 4.82. The Kier molecular flexibility index (Phi) is 5.52. The van der Waals surface area contributed by atoms with E-state index >= 15 is 0 Å². The van der Waals surface area contributed by atoms with Crippen molar-refractivity contribution in [3.8, 4) is 0 Å². The molecule has 0 aliphatic rings. The first-order chi connectivity index (χ1) is 9.24. The minimum absolute atomic E-state index is 0.0999. The first-order valence-electron chi connectivity index (χ1n) is 5.42. The Labute approximate surface area is 120 Å². The van der Waals surface area contributed by atoms with E-state index in [1.807, 2.05) is 0 Å². The molecule has 0 heterocycles. The largest absolute Gasteiger partial charge is 0.465 e. The predicted octanol–water partition coefficient (Wildman–Crippen LogP) is 1.52. The molecule has 9 heteroatoms. The van der Waals surface area contributed by atoms with E-state index in [4.69, 9.17) is 0 Å². The van der Waals surface area contributed by atoms with Crippen LogP contribution in [-0.4, -0.2) is 44.2 Å². The van der Waals surface area contributed by atoms with Crippen molar-refractivity contribution in [1.29, 1.82) is 0 Å². The van der Waals surface area contributed by atoms with Crippen molar-refractivity contribution in [1.82, 2.24) is 0 Å². The number of carbonyl (C=O) groups is 1. The van der Waals surface area contributed by atoms with Crippen molar-refractivity contribution in [3.63, 3.8) is 0 Å². The lowest BCUT2D eigenvalue weighted by Crippen LogP contribution is -2.06. The van der Waals surface area contributed by atoms with Crippen molar-refractivity contribution >= 4 is 33.3 Å². The molecule has 0 bridgehead atoms. The monoisotopic (exact) mass is 319 g/mol. The van der Waals surface area contributed by atoms with Crippen LogP contribution in [0.3, 0.4) is 0 Å². The van der Waals surface area contributed by atoms with E-state index in [0.29, 0.717) is 0 Å². The van der Waals surface area contributed by atoms with Crippen LogP contribution in [0.1, 0.15) is 10.4 Å².